The number of ether oxygens (including phenoxy) is 2. The first-order chi connectivity index (χ1) is 51.2. The van der Waals surface area contributed by atoms with Crippen LogP contribution in [-0.4, -0.2) is 205 Å². The maximum atomic E-state index is 15.3. The monoisotopic (exact) mass is 1540 g/mol. The van der Waals surface area contributed by atoms with Crippen molar-refractivity contribution in [2.45, 2.75) is 107 Å². The van der Waals surface area contributed by atoms with E-state index in [2.05, 4.69) is 61.6 Å². The van der Waals surface area contributed by atoms with E-state index in [1.165, 1.54) is 82.8 Å². The van der Waals surface area contributed by atoms with Crippen LogP contribution < -0.4 is 62.5 Å². The highest BCUT2D eigenvalue weighted by Gasteiger charge is 2.40. The Morgan fingerprint density at radius 3 is 2.19 bits per heavy atom. The second kappa shape index (κ2) is 37.9. The van der Waals surface area contributed by atoms with Crippen molar-refractivity contribution < 1.29 is 79.1 Å². The molecule has 2 aliphatic rings. The van der Waals surface area contributed by atoms with Gasteiger partial charge in [0.05, 0.1) is 64.7 Å². The van der Waals surface area contributed by atoms with Gasteiger partial charge in [-0.05, 0) is 136 Å². The molecule has 6 atom stereocenters. The first-order valence-electron chi connectivity index (χ1n) is 34.7. The minimum absolute atomic E-state index is 0.0437. The number of carbonyl (C=O) groups excluding carboxylic acids is 8. The molecule has 6 unspecified atom stereocenters. The van der Waals surface area contributed by atoms with Crippen molar-refractivity contribution in [3.8, 4) is 22.8 Å². The molecule has 1 fully saturated rings. The van der Waals surface area contributed by atoms with Gasteiger partial charge in [-0.3, -0.25) is 38.4 Å². The third-order valence-electron chi connectivity index (χ3n) is 17.1. The number of carboxylic acid groups (broad SMARTS) is 1. The Hall–Kier alpha value is -11.1. The van der Waals surface area contributed by atoms with Crippen molar-refractivity contribution in [2.24, 2.45) is 16.0 Å². The van der Waals surface area contributed by atoms with Gasteiger partial charge < -0.3 is 77.5 Å². The zero-order valence-corrected chi connectivity index (χ0v) is 62.6. The van der Waals surface area contributed by atoms with Crippen molar-refractivity contribution >= 4 is 108 Å². The van der Waals surface area contributed by atoms with Gasteiger partial charge in [0, 0.05) is 105 Å². The summed E-state index contributed by atoms with van der Waals surface area (Å²) in [5.74, 6) is -7.01. The molecule has 108 heavy (non-hydrogen) atoms. The molecular formula is C72H91F2N17O15S2. The van der Waals surface area contributed by atoms with Gasteiger partial charge in [-0.2, -0.15) is 4.36 Å². The normalized spacial score (nSPS) is 15.5. The summed E-state index contributed by atoms with van der Waals surface area (Å²) in [5.41, 5.74) is 7.65. The van der Waals surface area contributed by atoms with Crippen molar-refractivity contribution in [1.82, 2.24) is 50.8 Å². The maximum absolute atomic E-state index is 15.3. The lowest BCUT2D eigenvalue weighted by atomic mass is 10.0. The summed E-state index contributed by atoms with van der Waals surface area (Å²) in [7, 11) is -2.53. The lowest BCUT2D eigenvalue weighted by Crippen LogP contribution is -2.57. The number of nitrogens with one attached hydrogen (secondary N) is 9. The van der Waals surface area contributed by atoms with Gasteiger partial charge in [0.25, 0.3) is 15.9 Å². The number of likely N-dealkylation sites (tertiary alicyclic amines) is 1. The van der Waals surface area contributed by atoms with Gasteiger partial charge in [0.15, 0.2) is 5.82 Å². The van der Waals surface area contributed by atoms with Gasteiger partial charge in [-0.15, -0.1) is 0 Å². The number of aromatic nitrogens is 2. The largest absolute Gasteiger partial charge is 0.493 e. The predicted octanol–water partition coefficient (Wildman–Crippen LogP) is 7.03. The Morgan fingerprint density at radius 2 is 1.48 bits per heavy atom. The smallest absolute Gasteiger partial charge is 0.321 e. The van der Waals surface area contributed by atoms with Gasteiger partial charge in [0.2, 0.25) is 29.6 Å². The third-order valence-corrected chi connectivity index (χ3v) is 19.9. The zero-order valence-electron chi connectivity index (χ0n) is 61.0. The number of anilines is 6. The second-order valence-electron chi connectivity index (χ2n) is 26.7. The standard InChI is InChI=1S/C72H91F2N17O15S2/c1-9-25-76-70(99)80-50-14-11-16-54(37-50)108(103,104)86-51-15-10-13-46(34-51)57(39-63(94)95)83-71(100)79-48-19-21-49(22-20-48)81-72(101)90(7)30-29-88(5)27-28-89(6)41-62(93)82-58(38-61(75)92)68(98)91-26-12-17-59(91)66(96)84-64(43(2)3)67(97)87-107(8,102)42-45-32-52-36-53(33-45)106-44(4)24-31-105-60-35-47(73)18-23-55(60)65-56(74)40-77-69(78-52)85-65/h10-11,13-16,18-23,32-37,40,43-44,57-59,64,86H,9,12,17,24-31,38-39,41-42H2,1-8H3,(H2,75,92)(H,81,101)(H,82,93)(H,84,96)(H,94,95)(H2,76,80,99)(H,77,78,85)(H2,79,83,100). The highest BCUT2D eigenvalue weighted by atomic mass is 32.2. The number of urea groups is 3. The van der Waals surface area contributed by atoms with Crippen LogP contribution in [0.15, 0.2) is 125 Å². The number of benzene rings is 5. The number of carbonyl (C=O) groups is 9. The number of hydrogen-bond donors (Lipinski definition) is 11. The molecule has 8 rings (SSSR count). The van der Waals surface area contributed by atoms with Crippen molar-refractivity contribution in [3.05, 3.63) is 138 Å². The molecule has 3 heterocycles. The minimum Gasteiger partial charge on any atom is -0.493 e. The molecule has 4 bridgehead atoms. The van der Waals surface area contributed by atoms with Crippen LogP contribution in [0.25, 0.3) is 11.3 Å². The molecule has 32 nitrogen and oxygen atoms in total. The molecule has 1 aromatic heterocycles. The fourth-order valence-corrected chi connectivity index (χ4v) is 14.0. The molecule has 36 heteroatoms. The molecule has 1 saturated heterocycles. The molecule has 6 aromatic rings. The van der Waals surface area contributed by atoms with Crippen LogP contribution in [-0.2, 0) is 54.3 Å². The molecule has 0 radical (unpaired) electrons. The Bertz CT molecular complexity index is 4530. The van der Waals surface area contributed by atoms with Gasteiger partial charge >= 0.3 is 24.1 Å². The molecule has 0 spiro atoms. The summed E-state index contributed by atoms with van der Waals surface area (Å²) in [5, 5.41) is 31.4. The van der Waals surface area contributed by atoms with E-state index in [1.807, 2.05) is 18.9 Å². The van der Waals surface area contributed by atoms with Crippen LogP contribution in [0.3, 0.4) is 0 Å². The molecule has 2 aliphatic heterocycles. The van der Waals surface area contributed by atoms with Crippen LogP contribution >= 0.6 is 0 Å². The first-order valence-corrected chi connectivity index (χ1v) is 38.3. The van der Waals surface area contributed by atoms with Crippen LogP contribution in [0.2, 0.25) is 0 Å². The summed E-state index contributed by atoms with van der Waals surface area (Å²) >= 11 is 0. The van der Waals surface area contributed by atoms with Crippen molar-refractivity contribution in [3.63, 3.8) is 0 Å². The molecule has 0 aliphatic carbocycles. The average molecular weight is 1540 g/mol. The highest BCUT2D eigenvalue weighted by Crippen LogP contribution is 2.34. The number of primary amides is 1. The number of amides is 11. The van der Waals surface area contributed by atoms with Crippen LogP contribution in [0, 0.1) is 17.6 Å². The average Bonchev–Trinajstić information content (AvgIpc) is 1.81. The Balaban J connectivity index is 0.782. The SMILES string of the molecule is CCCNC(=O)Nc1cccc(S(=O)(=O)Nc2cccc(C(CC(=O)O)NC(=O)Nc3ccc(NC(=O)N(C)CCN(C)CCN(C)CC(=O)NC(CC(N)=O)C(=O)N4CCCC4C(=O)NC(C(=O)N=S(C)(=O)Cc4cc5cc(c4)OC(C)CCOc4cc(F)ccc4-c4nc(ncc4F)N5)C(C)C)cc3)c2)c1. The van der Waals surface area contributed by atoms with E-state index in [9.17, 15) is 65.3 Å². The molecule has 12 N–H and O–H groups in total. The van der Waals surface area contributed by atoms with Crippen LogP contribution in [0.1, 0.15) is 83.4 Å². The van der Waals surface area contributed by atoms with E-state index in [1.54, 1.807) is 70.1 Å². The minimum atomic E-state index is -4.20. The zero-order chi connectivity index (χ0) is 78.6. The maximum Gasteiger partial charge on any atom is 0.321 e. The van der Waals surface area contributed by atoms with Gasteiger partial charge in [-0.25, -0.2) is 45.8 Å². The summed E-state index contributed by atoms with van der Waals surface area (Å²) < 4.78 is 89.4. The number of halogens is 2. The van der Waals surface area contributed by atoms with E-state index in [0.29, 0.717) is 73.8 Å². The lowest BCUT2D eigenvalue weighted by Gasteiger charge is -2.30. The fourth-order valence-electron chi connectivity index (χ4n) is 11.6. The Morgan fingerprint density at radius 1 is 0.787 bits per heavy atom. The Labute approximate surface area is 624 Å². The second-order valence-corrected chi connectivity index (χ2v) is 30.8. The highest BCUT2D eigenvalue weighted by molar-refractivity contribution is 7.93. The number of sulfonamides is 1. The topological polar surface area (TPSA) is 429 Å². The van der Waals surface area contributed by atoms with Crippen LogP contribution in [0.5, 0.6) is 11.5 Å². The quantitative estimate of drug-likeness (QED) is 0.0215. The number of nitrogens with zero attached hydrogens (tertiary/aromatic N) is 7. The molecular weight excluding hydrogens is 1450 g/mol. The van der Waals surface area contributed by atoms with E-state index >= 15 is 4.39 Å². The number of hydrogen-bond acceptors (Lipinski definition) is 19. The van der Waals surface area contributed by atoms with E-state index < -0.39 is 134 Å². The summed E-state index contributed by atoms with van der Waals surface area (Å²) in [6.07, 6.45) is 2.17. The number of carboxylic acids is 1. The molecule has 580 valence electrons. The van der Waals surface area contributed by atoms with Crippen LogP contribution in [0.4, 0.5) is 57.5 Å². The van der Waals surface area contributed by atoms with E-state index in [-0.39, 0.29) is 83.2 Å². The summed E-state index contributed by atoms with van der Waals surface area (Å²) in [6.45, 7) is 8.78. The first kappa shape index (κ1) is 82.5. The lowest BCUT2D eigenvalue weighted by molar-refractivity contribution is -0.143. The van der Waals surface area contributed by atoms with E-state index in [0.717, 1.165) is 18.3 Å². The third kappa shape index (κ3) is 24.7. The van der Waals surface area contributed by atoms with Gasteiger partial charge in [0.1, 0.15) is 41.1 Å². The predicted molar refractivity (Wildman–Crippen MR) is 401 cm³/mol. The fraction of sp³-hybridized carbons (Fsp3) is 0.403. The number of nitrogens with two attached hydrogens (primary N) is 1. The molecule has 11 amide bonds. The Kier molecular flexibility index (Phi) is 29.0. The summed E-state index contributed by atoms with van der Waals surface area (Å²) in [6, 6.07) is 19.4. The van der Waals surface area contributed by atoms with Crippen molar-refractivity contribution in [1.29, 1.82) is 0 Å². The van der Waals surface area contributed by atoms with Crippen molar-refractivity contribution in [2.75, 3.05) is 106 Å². The number of aliphatic carboxylic acids is 1. The van der Waals surface area contributed by atoms with E-state index in [4.69, 9.17) is 15.2 Å². The van der Waals surface area contributed by atoms with Gasteiger partial charge in [-0.1, -0.05) is 39.0 Å². The molecule has 5 aromatic carbocycles. The number of rotatable bonds is 30. The number of fused-ring (bicyclic) bond motifs is 6. The molecule has 0 saturated carbocycles. The summed E-state index contributed by atoms with van der Waals surface area (Å²) in [4.78, 5) is 134. The number of likely N-dealkylation sites (N-methyl/N-ethyl adjacent to an activating group) is 3.